The summed E-state index contributed by atoms with van der Waals surface area (Å²) in [6, 6.07) is 8.94. The summed E-state index contributed by atoms with van der Waals surface area (Å²) >= 11 is 12.2. The molecule has 2 aromatic carbocycles. The second-order valence-electron chi connectivity index (χ2n) is 6.64. The Bertz CT molecular complexity index is 1010. The van der Waals surface area contributed by atoms with Crippen LogP contribution in [-0.2, 0) is 14.8 Å². The second kappa shape index (κ2) is 8.29. The van der Waals surface area contributed by atoms with Gasteiger partial charge in [0.2, 0.25) is 0 Å². The van der Waals surface area contributed by atoms with Gasteiger partial charge in [0.1, 0.15) is 0 Å². The minimum atomic E-state index is -3.92. The van der Waals surface area contributed by atoms with Crippen LogP contribution in [0.4, 0.5) is 5.69 Å². The van der Waals surface area contributed by atoms with Crippen molar-refractivity contribution in [2.45, 2.75) is 24.8 Å². The number of hydrogen-bond acceptors (Lipinski definition) is 4. The first-order valence-electron chi connectivity index (χ1n) is 8.67. The number of anilines is 1. The van der Waals surface area contributed by atoms with E-state index in [1.807, 2.05) is 13.8 Å². The van der Waals surface area contributed by atoms with Gasteiger partial charge in [-0.25, -0.2) is 8.42 Å². The fourth-order valence-electron chi connectivity index (χ4n) is 2.88. The van der Waals surface area contributed by atoms with Gasteiger partial charge in [0.15, 0.2) is 0 Å². The number of hydrogen-bond donors (Lipinski definition) is 1. The SMILES string of the molecule is Cc1ccc(NS(=O)(=O)c2ccc(Cl)c(C(=O)N3CCOC(C)C3)c2)cc1Cl. The Morgan fingerprint density at radius 3 is 2.61 bits per heavy atom. The Morgan fingerprint density at radius 2 is 1.93 bits per heavy atom. The lowest BCUT2D eigenvalue weighted by Crippen LogP contribution is -2.44. The molecule has 2 aromatic rings. The maximum atomic E-state index is 12.8. The van der Waals surface area contributed by atoms with Crippen LogP contribution in [0.2, 0.25) is 10.0 Å². The highest BCUT2D eigenvalue weighted by Gasteiger charge is 2.26. The van der Waals surface area contributed by atoms with Crippen LogP contribution in [0.5, 0.6) is 0 Å². The van der Waals surface area contributed by atoms with Gasteiger partial charge in [-0.3, -0.25) is 9.52 Å². The lowest BCUT2D eigenvalue weighted by molar-refractivity contribution is -0.0124. The van der Waals surface area contributed by atoms with Crippen molar-refractivity contribution in [2.24, 2.45) is 0 Å². The van der Waals surface area contributed by atoms with Crippen LogP contribution in [-0.4, -0.2) is 45.0 Å². The number of nitrogens with one attached hydrogen (secondary N) is 1. The Hall–Kier alpha value is -1.80. The van der Waals surface area contributed by atoms with Crippen molar-refractivity contribution in [1.29, 1.82) is 0 Å². The number of aryl methyl sites for hydroxylation is 1. The third kappa shape index (κ3) is 4.60. The van der Waals surface area contributed by atoms with E-state index in [2.05, 4.69) is 4.72 Å². The number of ether oxygens (including phenoxy) is 1. The molecule has 1 amide bonds. The fraction of sp³-hybridized carbons (Fsp3) is 0.316. The molecule has 9 heteroatoms. The average Bonchev–Trinajstić information content (AvgIpc) is 2.64. The molecule has 1 saturated heterocycles. The molecule has 0 aromatic heterocycles. The van der Waals surface area contributed by atoms with E-state index < -0.39 is 10.0 Å². The molecule has 150 valence electrons. The number of rotatable bonds is 4. The van der Waals surface area contributed by atoms with Crippen molar-refractivity contribution in [3.8, 4) is 0 Å². The molecule has 1 heterocycles. The van der Waals surface area contributed by atoms with Crippen molar-refractivity contribution >= 4 is 44.8 Å². The zero-order valence-corrected chi connectivity index (χ0v) is 17.7. The molecule has 1 fully saturated rings. The topological polar surface area (TPSA) is 75.7 Å². The van der Waals surface area contributed by atoms with E-state index in [0.29, 0.717) is 30.4 Å². The summed E-state index contributed by atoms with van der Waals surface area (Å²) in [5.41, 5.74) is 1.31. The normalized spacial score (nSPS) is 17.4. The zero-order valence-electron chi connectivity index (χ0n) is 15.4. The predicted octanol–water partition coefficient (Wildman–Crippen LogP) is 3.96. The molecular formula is C19H20Cl2N2O4S. The van der Waals surface area contributed by atoms with Crippen LogP contribution in [0.1, 0.15) is 22.8 Å². The van der Waals surface area contributed by atoms with Gasteiger partial charge in [-0.05, 0) is 49.7 Å². The fourth-order valence-corrected chi connectivity index (χ4v) is 4.33. The zero-order chi connectivity index (χ0) is 20.5. The van der Waals surface area contributed by atoms with Crippen molar-refractivity contribution in [3.63, 3.8) is 0 Å². The van der Waals surface area contributed by atoms with Gasteiger partial charge in [0.25, 0.3) is 15.9 Å². The number of halogens is 2. The average molecular weight is 443 g/mol. The Balaban J connectivity index is 1.88. The summed E-state index contributed by atoms with van der Waals surface area (Å²) in [6.45, 7) is 4.98. The van der Waals surface area contributed by atoms with E-state index in [1.165, 1.54) is 24.3 Å². The number of sulfonamides is 1. The largest absolute Gasteiger partial charge is 0.375 e. The molecular weight excluding hydrogens is 423 g/mol. The number of carbonyl (C=O) groups is 1. The summed E-state index contributed by atoms with van der Waals surface area (Å²) in [5.74, 6) is -0.324. The highest BCUT2D eigenvalue weighted by Crippen LogP contribution is 2.26. The molecule has 1 unspecified atom stereocenters. The molecule has 0 saturated carbocycles. The van der Waals surface area contributed by atoms with Crippen LogP contribution in [0, 0.1) is 6.92 Å². The van der Waals surface area contributed by atoms with Crippen molar-refractivity contribution in [1.82, 2.24) is 4.90 Å². The molecule has 1 atom stereocenters. The molecule has 1 aliphatic heterocycles. The Kier molecular flexibility index (Phi) is 6.19. The first-order chi connectivity index (χ1) is 13.2. The number of carbonyl (C=O) groups excluding carboxylic acids is 1. The van der Waals surface area contributed by atoms with E-state index in [0.717, 1.165) is 5.56 Å². The van der Waals surface area contributed by atoms with Gasteiger partial charge < -0.3 is 9.64 Å². The first kappa shape index (κ1) is 20.9. The van der Waals surface area contributed by atoms with Crippen molar-refractivity contribution in [2.75, 3.05) is 24.4 Å². The summed E-state index contributed by atoms with van der Waals surface area (Å²) in [6.07, 6.45) is -0.0867. The summed E-state index contributed by atoms with van der Waals surface area (Å²) in [7, 11) is -3.92. The minimum Gasteiger partial charge on any atom is -0.375 e. The van der Waals surface area contributed by atoms with E-state index in [4.69, 9.17) is 27.9 Å². The molecule has 0 radical (unpaired) electrons. The lowest BCUT2D eigenvalue weighted by Gasteiger charge is -2.31. The maximum absolute atomic E-state index is 12.8. The van der Waals surface area contributed by atoms with E-state index >= 15 is 0 Å². The molecule has 0 bridgehead atoms. The summed E-state index contributed by atoms with van der Waals surface area (Å²) in [5, 5.41) is 0.648. The maximum Gasteiger partial charge on any atom is 0.261 e. The summed E-state index contributed by atoms with van der Waals surface area (Å²) < 4.78 is 33.5. The molecule has 28 heavy (non-hydrogen) atoms. The third-order valence-corrected chi connectivity index (χ3v) is 6.55. The number of benzene rings is 2. The van der Waals surface area contributed by atoms with Gasteiger partial charge in [-0.15, -0.1) is 0 Å². The molecule has 6 nitrogen and oxygen atoms in total. The number of amides is 1. The van der Waals surface area contributed by atoms with E-state index in [-0.39, 0.29) is 27.5 Å². The van der Waals surface area contributed by atoms with E-state index in [9.17, 15) is 13.2 Å². The molecule has 0 aliphatic carbocycles. The minimum absolute atomic E-state index is 0.0572. The van der Waals surface area contributed by atoms with Crippen molar-refractivity contribution < 1.29 is 17.9 Å². The van der Waals surface area contributed by atoms with Crippen LogP contribution in [0.25, 0.3) is 0 Å². The standard InChI is InChI=1S/C19H20Cl2N2O4S/c1-12-3-4-14(9-18(12)21)22-28(25,26)15-5-6-17(20)16(10-15)19(24)23-7-8-27-13(2)11-23/h3-6,9-10,13,22H,7-8,11H2,1-2H3. The number of nitrogens with zero attached hydrogens (tertiary/aromatic N) is 1. The molecule has 1 aliphatic rings. The van der Waals surface area contributed by atoms with Gasteiger partial charge in [-0.1, -0.05) is 29.3 Å². The highest BCUT2D eigenvalue weighted by molar-refractivity contribution is 7.92. The number of morpholine rings is 1. The molecule has 0 spiro atoms. The Morgan fingerprint density at radius 1 is 1.18 bits per heavy atom. The first-order valence-corrected chi connectivity index (χ1v) is 10.9. The molecule has 3 rings (SSSR count). The van der Waals surface area contributed by atoms with Crippen LogP contribution >= 0.6 is 23.2 Å². The monoisotopic (exact) mass is 442 g/mol. The van der Waals surface area contributed by atoms with Crippen LogP contribution in [0.15, 0.2) is 41.3 Å². The Labute approximate surface area is 174 Å². The second-order valence-corrected chi connectivity index (χ2v) is 9.14. The van der Waals surface area contributed by atoms with E-state index in [1.54, 1.807) is 17.0 Å². The lowest BCUT2D eigenvalue weighted by atomic mass is 10.1. The van der Waals surface area contributed by atoms with Crippen LogP contribution in [0.3, 0.4) is 0 Å². The predicted molar refractivity (Wildman–Crippen MR) is 110 cm³/mol. The third-order valence-electron chi connectivity index (χ3n) is 4.43. The quantitative estimate of drug-likeness (QED) is 0.776. The smallest absolute Gasteiger partial charge is 0.261 e. The molecule has 1 N–H and O–H groups in total. The van der Waals surface area contributed by atoms with Crippen LogP contribution < -0.4 is 4.72 Å². The van der Waals surface area contributed by atoms with Crippen molar-refractivity contribution in [3.05, 3.63) is 57.6 Å². The van der Waals surface area contributed by atoms with Gasteiger partial charge >= 0.3 is 0 Å². The highest BCUT2D eigenvalue weighted by atomic mass is 35.5. The summed E-state index contributed by atoms with van der Waals surface area (Å²) in [4.78, 5) is 14.4. The van der Waals surface area contributed by atoms with Gasteiger partial charge in [-0.2, -0.15) is 0 Å². The van der Waals surface area contributed by atoms with Gasteiger partial charge in [0, 0.05) is 18.1 Å². The van der Waals surface area contributed by atoms with Gasteiger partial charge in [0.05, 0.1) is 33.9 Å².